The molecule has 2 aromatic rings. The molecule has 0 aliphatic heterocycles. The number of aliphatic carboxylic acids is 1. The number of carboxylic acids is 1. The minimum absolute atomic E-state index is 0.0291. The highest BCUT2D eigenvalue weighted by atomic mass is 16.4. The number of benzene rings is 2. The number of amides is 2. The van der Waals surface area contributed by atoms with Crippen molar-refractivity contribution >= 4 is 17.8 Å². The quantitative estimate of drug-likeness (QED) is 0.506. The Balaban J connectivity index is 1.99. The van der Waals surface area contributed by atoms with Crippen LogP contribution in [0.15, 0.2) is 48.5 Å². The fourth-order valence-corrected chi connectivity index (χ4v) is 3.14. The lowest BCUT2D eigenvalue weighted by Crippen LogP contribution is -2.40. The van der Waals surface area contributed by atoms with E-state index in [-0.39, 0.29) is 23.8 Å². The summed E-state index contributed by atoms with van der Waals surface area (Å²) in [5, 5.41) is 14.5. The van der Waals surface area contributed by atoms with E-state index in [0.717, 1.165) is 22.3 Å². The van der Waals surface area contributed by atoms with Crippen LogP contribution in [0, 0.1) is 11.8 Å². The SMILES string of the molecule is CC(C)C(=O)NCc1ccc(-c2ccc(C[C@H](NC(=O)CC(=O)O)C(C)C)cc2)cc1. The summed E-state index contributed by atoms with van der Waals surface area (Å²) < 4.78 is 0. The first-order valence-electron chi connectivity index (χ1n) is 10.6. The molecule has 6 heteroatoms. The summed E-state index contributed by atoms with van der Waals surface area (Å²) in [7, 11) is 0. The van der Waals surface area contributed by atoms with Gasteiger partial charge in [-0.25, -0.2) is 0 Å². The number of hydrogen-bond acceptors (Lipinski definition) is 3. The van der Waals surface area contributed by atoms with Crippen molar-refractivity contribution in [3.63, 3.8) is 0 Å². The molecule has 2 aromatic carbocycles. The second kappa shape index (κ2) is 11.3. The fourth-order valence-electron chi connectivity index (χ4n) is 3.14. The highest BCUT2D eigenvalue weighted by Gasteiger charge is 2.18. The number of carboxylic acid groups (broad SMARTS) is 1. The maximum Gasteiger partial charge on any atom is 0.312 e. The van der Waals surface area contributed by atoms with Crippen LogP contribution in [0.5, 0.6) is 0 Å². The topological polar surface area (TPSA) is 95.5 Å². The lowest BCUT2D eigenvalue weighted by molar-refractivity contribution is -0.141. The molecule has 0 aliphatic rings. The van der Waals surface area contributed by atoms with Gasteiger partial charge in [0.05, 0.1) is 0 Å². The first-order chi connectivity index (χ1) is 14.7. The maximum atomic E-state index is 11.8. The van der Waals surface area contributed by atoms with Crippen LogP contribution in [-0.2, 0) is 27.3 Å². The van der Waals surface area contributed by atoms with Crippen LogP contribution in [0.1, 0.15) is 45.2 Å². The third kappa shape index (κ3) is 7.89. The zero-order valence-corrected chi connectivity index (χ0v) is 18.6. The van der Waals surface area contributed by atoms with Crippen molar-refractivity contribution in [2.75, 3.05) is 0 Å². The van der Waals surface area contributed by atoms with Crippen molar-refractivity contribution < 1.29 is 19.5 Å². The van der Waals surface area contributed by atoms with Crippen LogP contribution in [0.4, 0.5) is 0 Å². The first-order valence-corrected chi connectivity index (χ1v) is 10.6. The van der Waals surface area contributed by atoms with Gasteiger partial charge in [-0.15, -0.1) is 0 Å². The number of nitrogens with one attached hydrogen (secondary N) is 2. The molecule has 166 valence electrons. The van der Waals surface area contributed by atoms with E-state index in [1.165, 1.54) is 0 Å². The molecular weight excluding hydrogens is 392 g/mol. The lowest BCUT2D eigenvalue weighted by atomic mass is 9.94. The molecular formula is C25H32N2O4. The zero-order valence-electron chi connectivity index (χ0n) is 18.6. The Kier molecular flexibility index (Phi) is 8.79. The molecule has 0 saturated heterocycles. The van der Waals surface area contributed by atoms with Crippen LogP contribution in [0.2, 0.25) is 0 Å². The van der Waals surface area contributed by atoms with E-state index >= 15 is 0 Å². The molecule has 0 aromatic heterocycles. The third-order valence-electron chi connectivity index (χ3n) is 5.15. The van der Waals surface area contributed by atoms with Gasteiger partial charge in [-0.1, -0.05) is 76.2 Å². The predicted octanol–water partition coefficient (Wildman–Crippen LogP) is 3.78. The van der Waals surface area contributed by atoms with Gasteiger partial charge in [-0.3, -0.25) is 14.4 Å². The first kappa shape index (κ1) is 24.1. The van der Waals surface area contributed by atoms with E-state index in [2.05, 4.69) is 10.6 Å². The van der Waals surface area contributed by atoms with Crippen LogP contribution < -0.4 is 10.6 Å². The summed E-state index contributed by atoms with van der Waals surface area (Å²) in [6.45, 7) is 8.27. The average molecular weight is 425 g/mol. The van der Waals surface area contributed by atoms with E-state index in [9.17, 15) is 14.4 Å². The average Bonchev–Trinajstić information content (AvgIpc) is 2.71. The molecule has 1 atom stereocenters. The largest absolute Gasteiger partial charge is 0.481 e. The van der Waals surface area contributed by atoms with Gasteiger partial charge in [0, 0.05) is 18.5 Å². The monoisotopic (exact) mass is 424 g/mol. The summed E-state index contributed by atoms with van der Waals surface area (Å²) in [5.74, 6) is -1.40. The summed E-state index contributed by atoms with van der Waals surface area (Å²) in [6, 6.07) is 16.1. The van der Waals surface area contributed by atoms with Crippen LogP contribution in [0.25, 0.3) is 11.1 Å². The van der Waals surface area contributed by atoms with Crippen LogP contribution >= 0.6 is 0 Å². The standard InChI is InChI=1S/C25H32N2O4/c1-16(2)22(27-23(28)14-24(29)30)13-18-5-9-20(10-6-18)21-11-7-19(8-12-21)15-26-25(31)17(3)4/h5-12,16-17,22H,13-15H2,1-4H3,(H,26,31)(H,27,28)(H,29,30)/t22-/m0/s1. The van der Waals surface area contributed by atoms with Gasteiger partial charge in [0.25, 0.3) is 0 Å². The van der Waals surface area contributed by atoms with Gasteiger partial charge in [0.1, 0.15) is 6.42 Å². The van der Waals surface area contributed by atoms with Crippen molar-refractivity contribution in [1.82, 2.24) is 10.6 Å². The van der Waals surface area contributed by atoms with Crippen molar-refractivity contribution in [2.24, 2.45) is 11.8 Å². The van der Waals surface area contributed by atoms with Crippen LogP contribution in [0.3, 0.4) is 0 Å². The van der Waals surface area contributed by atoms with E-state index in [1.807, 2.05) is 76.2 Å². The number of rotatable bonds is 10. The molecule has 2 rings (SSSR count). The molecule has 0 spiro atoms. The predicted molar refractivity (Wildman–Crippen MR) is 121 cm³/mol. The van der Waals surface area contributed by atoms with E-state index in [4.69, 9.17) is 5.11 Å². The molecule has 0 fully saturated rings. The normalized spacial score (nSPS) is 11.9. The fraction of sp³-hybridized carbons (Fsp3) is 0.400. The highest BCUT2D eigenvalue weighted by Crippen LogP contribution is 2.21. The molecule has 6 nitrogen and oxygen atoms in total. The molecule has 31 heavy (non-hydrogen) atoms. The molecule has 0 bridgehead atoms. The van der Waals surface area contributed by atoms with E-state index < -0.39 is 18.3 Å². The number of carbonyl (C=O) groups is 3. The van der Waals surface area contributed by atoms with Gasteiger partial charge in [-0.2, -0.15) is 0 Å². The Bertz CT molecular complexity index is 887. The number of hydrogen-bond donors (Lipinski definition) is 3. The van der Waals surface area contributed by atoms with Crippen molar-refractivity contribution in [3.05, 3.63) is 59.7 Å². The van der Waals surface area contributed by atoms with Crippen molar-refractivity contribution in [2.45, 2.75) is 53.1 Å². The van der Waals surface area contributed by atoms with Gasteiger partial charge in [0.15, 0.2) is 0 Å². The van der Waals surface area contributed by atoms with Gasteiger partial charge in [-0.05, 0) is 34.6 Å². The Morgan fingerprint density at radius 1 is 0.839 bits per heavy atom. The van der Waals surface area contributed by atoms with Gasteiger partial charge in [0.2, 0.25) is 11.8 Å². The Morgan fingerprint density at radius 2 is 1.35 bits per heavy atom. The smallest absolute Gasteiger partial charge is 0.312 e. The van der Waals surface area contributed by atoms with Crippen molar-refractivity contribution in [1.29, 1.82) is 0 Å². The molecule has 0 aliphatic carbocycles. The summed E-state index contributed by atoms with van der Waals surface area (Å²) in [5.41, 5.74) is 4.29. The van der Waals surface area contributed by atoms with Gasteiger partial charge >= 0.3 is 5.97 Å². The minimum atomic E-state index is -1.13. The summed E-state index contributed by atoms with van der Waals surface area (Å²) >= 11 is 0. The molecule has 0 heterocycles. The molecule has 3 N–H and O–H groups in total. The third-order valence-corrected chi connectivity index (χ3v) is 5.15. The molecule has 0 unspecified atom stereocenters. The maximum absolute atomic E-state index is 11.8. The molecule has 0 radical (unpaired) electrons. The van der Waals surface area contributed by atoms with Crippen molar-refractivity contribution in [3.8, 4) is 11.1 Å². The molecule has 0 saturated carbocycles. The van der Waals surface area contributed by atoms with Crippen LogP contribution in [-0.4, -0.2) is 28.9 Å². The summed E-state index contributed by atoms with van der Waals surface area (Å²) in [6.07, 6.45) is 0.122. The summed E-state index contributed by atoms with van der Waals surface area (Å²) in [4.78, 5) is 34.3. The minimum Gasteiger partial charge on any atom is -0.481 e. The lowest BCUT2D eigenvalue weighted by Gasteiger charge is -2.22. The Morgan fingerprint density at radius 3 is 1.81 bits per heavy atom. The second-order valence-corrected chi connectivity index (χ2v) is 8.46. The molecule has 2 amide bonds. The highest BCUT2D eigenvalue weighted by molar-refractivity contribution is 5.93. The second-order valence-electron chi connectivity index (χ2n) is 8.46. The van der Waals surface area contributed by atoms with E-state index in [1.54, 1.807) is 0 Å². The van der Waals surface area contributed by atoms with Gasteiger partial charge < -0.3 is 15.7 Å². The Hall–Kier alpha value is -3.15. The Labute approximate surface area is 184 Å². The zero-order chi connectivity index (χ0) is 23.0. The number of carbonyl (C=O) groups excluding carboxylic acids is 2. The van der Waals surface area contributed by atoms with E-state index in [0.29, 0.717) is 13.0 Å².